The number of ketones is 1. The molecule has 4 rings (SSSR count). The number of fused-ring (bicyclic) bond motifs is 1. The standard InChI is InChI=1S/C25H23ClN2O/c1-17-10-12-18(13-11-17)14-15-27-24(19-6-3-2-4-7-19)25(29)20-16-28-22-9-5-8-21(26)23(20)22/h2-13,16,24,27-28H,14-15H2,1H3/t24-/m0/s1. The predicted molar refractivity (Wildman–Crippen MR) is 120 cm³/mol. The Kier molecular flexibility index (Phi) is 5.79. The minimum Gasteiger partial charge on any atom is -0.360 e. The molecule has 0 bridgehead atoms. The third kappa shape index (κ3) is 4.26. The lowest BCUT2D eigenvalue weighted by Gasteiger charge is -2.18. The molecule has 0 aliphatic heterocycles. The highest BCUT2D eigenvalue weighted by molar-refractivity contribution is 6.37. The van der Waals surface area contributed by atoms with E-state index in [0.29, 0.717) is 17.1 Å². The number of halogens is 1. The Morgan fingerprint density at radius 1 is 1.00 bits per heavy atom. The van der Waals surface area contributed by atoms with Crippen LogP contribution in [0.25, 0.3) is 10.9 Å². The topological polar surface area (TPSA) is 44.9 Å². The molecule has 1 heterocycles. The summed E-state index contributed by atoms with van der Waals surface area (Å²) in [5.74, 6) is 0.0134. The number of hydrogen-bond acceptors (Lipinski definition) is 2. The van der Waals surface area contributed by atoms with E-state index >= 15 is 0 Å². The van der Waals surface area contributed by atoms with Crippen LogP contribution < -0.4 is 5.32 Å². The maximum absolute atomic E-state index is 13.5. The van der Waals surface area contributed by atoms with Crippen LogP contribution in [-0.4, -0.2) is 17.3 Å². The van der Waals surface area contributed by atoms with Crippen molar-refractivity contribution < 1.29 is 4.79 Å². The predicted octanol–water partition coefficient (Wildman–Crippen LogP) is 5.89. The molecule has 0 fully saturated rings. The number of carbonyl (C=O) groups is 1. The van der Waals surface area contributed by atoms with Crippen molar-refractivity contribution in [2.45, 2.75) is 19.4 Å². The first-order chi connectivity index (χ1) is 14.1. The van der Waals surface area contributed by atoms with Gasteiger partial charge in [-0.2, -0.15) is 0 Å². The van der Waals surface area contributed by atoms with Gasteiger partial charge in [-0.05, 0) is 36.6 Å². The number of nitrogens with one attached hydrogen (secondary N) is 2. The summed E-state index contributed by atoms with van der Waals surface area (Å²) in [6.45, 7) is 2.78. The molecule has 0 unspecified atom stereocenters. The number of aromatic amines is 1. The van der Waals surface area contributed by atoms with Gasteiger partial charge in [-0.1, -0.05) is 77.8 Å². The second-order valence-corrected chi connectivity index (χ2v) is 7.67. The van der Waals surface area contributed by atoms with E-state index in [9.17, 15) is 4.79 Å². The normalized spacial score (nSPS) is 12.2. The number of benzene rings is 3. The zero-order valence-electron chi connectivity index (χ0n) is 16.3. The molecular formula is C25H23ClN2O. The highest BCUT2D eigenvalue weighted by Crippen LogP contribution is 2.30. The van der Waals surface area contributed by atoms with E-state index in [-0.39, 0.29) is 5.78 Å². The summed E-state index contributed by atoms with van der Waals surface area (Å²) < 4.78 is 0. The van der Waals surface area contributed by atoms with Crippen molar-refractivity contribution in [2.24, 2.45) is 0 Å². The van der Waals surface area contributed by atoms with E-state index in [0.717, 1.165) is 22.9 Å². The van der Waals surface area contributed by atoms with Gasteiger partial charge in [0, 0.05) is 29.2 Å². The van der Waals surface area contributed by atoms with Crippen LogP contribution in [0.4, 0.5) is 0 Å². The van der Waals surface area contributed by atoms with Gasteiger partial charge >= 0.3 is 0 Å². The summed E-state index contributed by atoms with van der Waals surface area (Å²) in [6.07, 6.45) is 2.61. The molecule has 29 heavy (non-hydrogen) atoms. The van der Waals surface area contributed by atoms with Crippen LogP contribution in [0.2, 0.25) is 5.02 Å². The maximum Gasteiger partial charge on any atom is 0.186 e. The molecule has 146 valence electrons. The summed E-state index contributed by atoms with van der Waals surface area (Å²) in [6, 6.07) is 23.5. The first kappa shape index (κ1) is 19.4. The Labute approximate surface area is 175 Å². The van der Waals surface area contributed by atoms with Crippen LogP contribution in [-0.2, 0) is 6.42 Å². The van der Waals surface area contributed by atoms with E-state index in [2.05, 4.69) is 41.5 Å². The minimum absolute atomic E-state index is 0.0134. The van der Waals surface area contributed by atoms with Crippen LogP contribution in [0, 0.1) is 6.92 Å². The Morgan fingerprint density at radius 2 is 1.76 bits per heavy atom. The average Bonchev–Trinajstić information content (AvgIpc) is 3.18. The number of aromatic nitrogens is 1. The van der Waals surface area contributed by atoms with Crippen molar-refractivity contribution in [2.75, 3.05) is 6.54 Å². The Bertz CT molecular complexity index is 1120. The molecule has 0 saturated carbocycles. The molecule has 2 N–H and O–H groups in total. The van der Waals surface area contributed by atoms with Crippen molar-refractivity contribution in [3.8, 4) is 0 Å². The van der Waals surface area contributed by atoms with Crippen LogP contribution in [0.15, 0.2) is 79.0 Å². The molecule has 3 nitrogen and oxygen atoms in total. The molecule has 0 spiro atoms. The third-order valence-corrected chi connectivity index (χ3v) is 5.51. The molecule has 0 saturated heterocycles. The lowest BCUT2D eigenvalue weighted by atomic mass is 9.96. The van der Waals surface area contributed by atoms with Gasteiger partial charge in [-0.15, -0.1) is 0 Å². The molecular weight excluding hydrogens is 380 g/mol. The fourth-order valence-electron chi connectivity index (χ4n) is 3.61. The van der Waals surface area contributed by atoms with Gasteiger partial charge in [0.25, 0.3) is 0 Å². The molecule has 1 aromatic heterocycles. The van der Waals surface area contributed by atoms with Crippen molar-refractivity contribution in [3.63, 3.8) is 0 Å². The molecule has 0 amide bonds. The quantitative estimate of drug-likeness (QED) is 0.379. The fraction of sp³-hybridized carbons (Fsp3) is 0.160. The second-order valence-electron chi connectivity index (χ2n) is 7.26. The number of carbonyl (C=O) groups excluding carboxylic acids is 1. The monoisotopic (exact) mass is 402 g/mol. The molecule has 0 radical (unpaired) electrons. The van der Waals surface area contributed by atoms with Gasteiger partial charge in [0.2, 0.25) is 0 Å². The molecule has 4 aromatic rings. The summed E-state index contributed by atoms with van der Waals surface area (Å²) in [4.78, 5) is 16.7. The van der Waals surface area contributed by atoms with Crippen molar-refractivity contribution in [3.05, 3.63) is 106 Å². The van der Waals surface area contributed by atoms with Crippen LogP contribution in [0.1, 0.15) is 33.1 Å². The summed E-state index contributed by atoms with van der Waals surface area (Å²) in [5, 5.41) is 4.83. The van der Waals surface area contributed by atoms with Gasteiger partial charge in [-0.3, -0.25) is 4.79 Å². The van der Waals surface area contributed by atoms with Crippen LogP contribution >= 0.6 is 11.6 Å². The number of rotatable bonds is 7. The highest BCUT2D eigenvalue weighted by atomic mass is 35.5. The molecule has 1 atom stereocenters. The fourth-order valence-corrected chi connectivity index (χ4v) is 3.89. The number of aryl methyl sites for hydroxylation is 1. The van der Waals surface area contributed by atoms with Gasteiger partial charge < -0.3 is 10.3 Å². The zero-order valence-corrected chi connectivity index (χ0v) is 17.0. The first-order valence-electron chi connectivity index (χ1n) is 9.77. The van der Waals surface area contributed by atoms with E-state index in [4.69, 9.17) is 11.6 Å². The first-order valence-corrected chi connectivity index (χ1v) is 10.1. The van der Waals surface area contributed by atoms with Crippen LogP contribution in [0.3, 0.4) is 0 Å². The largest absolute Gasteiger partial charge is 0.360 e. The molecule has 3 aromatic carbocycles. The van der Waals surface area contributed by atoms with Gasteiger partial charge in [-0.25, -0.2) is 0 Å². The van der Waals surface area contributed by atoms with Crippen molar-refractivity contribution >= 4 is 28.3 Å². The zero-order chi connectivity index (χ0) is 20.2. The SMILES string of the molecule is Cc1ccc(CCN[C@H](C(=O)c2c[nH]c3cccc(Cl)c23)c2ccccc2)cc1. The van der Waals surface area contributed by atoms with Crippen molar-refractivity contribution in [1.29, 1.82) is 0 Å². The number of hydrogen-bond donors (Lipinski definition) is 2. The van der Waals surface area contributed by atoms with Gasteiger partial charge in [0.15, 0.2) is 5.78 Å². The minimum atomic E-state index is -0.433. The second kappa shape index (κ2) is 8.64. The van der Waals surface area contributed by atoms with E-state index in [1.54, 1.807) is 6.20 Å². The Hall–Kier alpha value is -2.88. The van der Waals surface area contributed by atoms with E-state index in [1.165, 1.54) is 11.1 Å². The third-order valence-electron chi connectivity index (χ3n) is 5.20. The number of Topliss-reactive ketones (excluding diaryl/α,β-unsaturated/α-hetero) is 1. The lowest BCUT2D eigenvalue weighted by molar-refractivity contribution is 0.0945. The van der Waals surface area contributed by atoms with Gasteiger partial charge in [0.1, 0.15) is 0 Å². The molecule has 0 aliphatic carbocycles. The smallest absolute Gasteiger partial charge is 0.186 e. The Morgan fingerprint density at radius 3 is 2.52 bits per heavy atom. The highest BCUT2D eigenvalue weighted by Gasteiger charge is 2.24. The summed E-state index contributed by atoms with van der Waals surface area (Å²) >= 11 is 6.40. The van der Waals surface area contributed by atoms with Gasteiger partial charge in [0.05, 0.1) is 11.1 Å². The lowest BCUT2D eigenvalue weighted by Crippen LogP contribution is -2.30. The van der Waals surface area contributed by atoms with Crippen LogP contribution in [0.5, 0.6) is 0 Å². The van der Waals surface area contributed by atoms with E-state index < -0.39 is 6.04 Å². The Balaban J connectivity index is 1.60. The average molecular weight is 403 g/mol. The van der Waals surface area contributed by atoms with E-state index in [1.807, 2.05) is 48.5 Å². The molecule has 4 heteroatoms. The maximum atomic E-state index is 13.5. The van der Waals surface area contributed by atoms with Crippen molar-refractivity contribution in [1.82, 2.24) is 10.3 Å². The molecule has 0 aliphatic rings. The summed E-state index contributed by atoms with van der Waals surface area (Å²) in [5.41, 5.74) is 4.92. The summed E-state index contributed by atoms with van der Waals surface area (Å²) in [7, 11) is 0. The number of H-pyrrole nitrogens is 1.